The molecule has 114 valence electrons. The van der Waals surface area contributed by atoms with E-state index >= 15 is 0 Å². The highest BCUT2D eigenvalue weighted by Gasteiger charge is 2.24. The van der Waals surface area contributed by atoms with Crippen molar-refractivity contribution in [2.24, 2.45) is 0 Å². The van der Waals surface area contributed by atoms with E-state index in [1.54, 1.807) is 13.0 Å². The molecule has 0 bridgehead atoms. The molecule has 1 heterocycles. The van der Waals surface area contributed by atoms with Gasteiger partial charge in [0.05, 0.1) is 19.3 Å². The molecule has 1 aromatic carbocycles. The van der Waals surface area contributed by atoms with E-state index in [2.05, 4.69) is 4.90 Å². The highest BCUT2D eigenvalue weighted by atomic mass is 16.5. The second-order valence-corrected chi connectivity index (χ2v) is 4.98. The van der Waals surface area contributed by atoms with E-state index in [0.717, 1.165) is 31.6 Å². The summed E-state index contributed by atoms with van der Waals surface area (Å²) >= 11 is 0. The van der Waals surface area contributed by atoms with E-state index in [9.17, 15) is 9.59 Å². The van der Waals surface area contributed by atoms with Crippen LogP contribution in [0.25, 0.3) is 0 Å². The van der Waals surface area contributed by atoms with Gasteiger partial charge in [-0.2, -0.15) is 0 Å². The first-order valence-electron chi connectivity index (χ1n) is 7.31. The maximum Gasteiger partial charge on any atom is 0.379 e. The van der Waals surface area contributed by atoms with Crippen LogP contribution >= 0.6 is 0 Å². The second kappa shape index (κ2) is 7.11. The van der Waals surface area contributed by atoms with E-state index in [1.807, 2.05) is 12.1 Å². The van der Waals surface area contributed by atoms with Crippen LogP contribution in [0.3, 0.4) is 0 Å². The molecule has 0 unspecified atom stereocenters. The van der Waals surface area contributed by atoms with Crippen molar-refractivity contribution in [3.05, 3.63) is 23.8 Å². The number of ether oxygens (including phenoxy) is 2. The van der Waals surface area contributed by atoms with E-state index < -0.39 is 11.8 Å². The van der Waals surface area contributed by atoms with Gasteiger partial charge < -0.3 is 14.4 Å². The summed E-state index contributed by atoms with van der Waals surface area (Å²) in [5, 5.41) is 0. The predicted octanol–water partition coefficient (Wildman–Crippen LogP) is 2.43. The molecule has 0 saturated carbocycles. The zero-order valence-corrected chi connectivity index (χ0v) is 12.6. The SMILES string of the molecule is CCOC(=O)C(=O)c1cc(OC)ccc1N1CCCCC1. The third kappa shape index (κ3) is 3.54. The molecule has 0 aromatic heterocycles. The molecule has 1 aliphatic rings. The summed E-state index contributed by atoms with van der Waals surface area (Å²) in [6.07, 6.45) is 3.39. The average Bonchev–Trinajstić information content (AvgIpc) is 2.54. The Balaban J connectivity index is 2.35. The maximum atomic E-state index is 12.3. The van der Waals surface area contributed by atoms with Gasteiger partial charge in [0.2, 0.25) is 0 Å². The van der Waals surface area contributed by atoms with Gasteiger partial charge in [0.25, 0.3) is 5.78 Å². The van der Waals surface area contributed by atoms with Crippen molar-refractivity contribution in [3.63, 3.8) is 0 Å². The van der Waals surface area contributed by atoms with Crippen LogP contribution < -0.4 is 9.64 Å². The first kappa shape index (κ1) is 15.4. The van der Waals surface area contributed by atoms with Crippen molar-refractivity contribution in [3.8, 4) is 5.75 Å². The Hall–Kier alpha value is -2.04. The van der Waals surface area contributed by atoms with Gasteiger partial charge in [-0.15, -0.1) is 0 Å². The van der Waals surface area contributed by atoms with E-state index in [4.69, 9.17) is 9.47 Å². The number of piperidine rings is 1. The third-order valence-corrected chi connectivity index (χ3v) is 3.61. The van der Waals surface area contributed by atoms with Crippen molar-refractivity contribution < 1.29 is 19.1 Å². The molecule has 0 N–H and O–H groups in total. The minimum Gasteiger partial charge on any atom is -0.497 e. The first-order chi connectivity index (χ1) is 10.2. The largest absolute Gasteiger partial charge is 0.497 e. The monoisotopic (exact) mass is 291 g/mol. The van der Waals surface area contributed by atoms with E-state index in [-0.39, 0.29) is 6.61 Å². The number of hydrogen-bond donors (Lipinski definition) is 0. The van der Waals surface area contributed by atoms with Gasteiger partial charge >= 0.3 is 5.97 Å². The zero-order chi connectivity index (χ0) is 15.2. The molecule has 1 fully saturated rings. The molecular formula is C16H21NO4. The highest BCUT2D eigenvalue weighted by Crippen LogP contribution is 2.28. The average molecular weight is 291 g/mol. The first-order valence-corrected chi connectivity index (χ1v) is 7.31. The summed E-state index contributed by atoms with van der Waals surface area (Å²) in [5.41, 5.74) is 1.14. The molecule has 1 aromatic rings. The van der Waals surface area contributed by atoms with Gasteiger partial charge in [0.15, 0.2) is 0 Å². The molecule has 1 saturated heterocycles. The smallest absolute Gasteiger partial charge is 0.379 e. The number of nitrogens with zero attached hydrogens (tertiary/aromatic N) is 1. The lowest BCUT2D eigenvalue weighted by molar-refractivity contribution is -0.137. The fourth-order valence-corrected chi connectivity index (χ4v) is 2.54. The summed E-state index contributed by atoms with van der Waals surface area (Å²) in [6, 6.07) is 5.27. The Kier molecular flexibility index (Phi) is 5.20. The standard InChI is InChI=1S/C16H21NO4/c1-3-21-16(19)15(18)13-11-12(20-2)7-8-14(13)17-9-5-4-6-10-17/h7-8,11H,3-6,9-10H2,1-2H3. The van der Waals surface area contributed by atoms with E-state index in [1.165, 1.54) is 13.5 Å². The van der Waals surface area contributed by atoms with Gasteiger partial charge in [-0.05, 0) is 44.4 Å². The summed E-state index contributed by atoms with van der Waals surface area (Å²) in [5.74, 6) is -0.872. The molecule has 0 aliphatic carbocycles. The van der Waals surface area contributed by atoms with Crippen LogP contribution in [0.5, 0.6) is 5.75 Å². The summed E-state index contributed by atoms with van der Waals surface area (Å²) < 4.78 is 9.99. The van der Waals surface area contributed by atoms with Crippen molar-refractivity contribution in [1.82, 2.24) is 0 Å². The Morgan fingerprint density at radius 1 is 1.19 bits per heavy atom. The fourth-order valence-electron chi connectivity index (χ4n) is 2.54. The van der Waals surface area contributed by atoms with E-state index in [0.29, 0.717) is 11.3 Å². The molecular weight excluding hydrogens is 270 g/mol. The number of methoxy groups -OCH3 is 1. The quantitative estimate of drug-likeness (QED) is 0.474. The third-order valence-electron chi connectivity index (χ3n) is 3.61. The van der Waals surface area contributed by atoms with Crippen LogP contribution in [0.2, 0.25) is 0 Å². The van der Waals surface area contributed by atoms with Gasteiger partial charge in [-0.25, -0.2) is 4.79 Å². The lowest BCUT2D eigenvalue weighted by Gasteiger charge is -2.30. The van der Waals surface area contributed by atoms with Crippen molar-refractivity contribution in [2.45, 2.75) is 26.2 Å². The number of carbonyl (C=O) groups excluding carboxylic acids is 2. The predicted molar refractivity (Wildman–Crippen MR) is 80.0 cm³/mol. The molecule has 0 spiro atoms. The summed E-state index contributed by atoms with van der Waals surface area (Å²) in [6.45, 7) is 3.67. The Labute approximate surface area is 124 Å². The van der Waals surface area contributed by atoms with Gasteiger partial charge in [-0.1, -0.05) is 0 Å². The number of rotatable bonds is 5. The lowest BCUT2D eigenvalue weighted by atomic mass is 10.0. The van der Waals surface area contributed by atoms with Crippen LogP contribution in [0.15, 0.2) is 18.2 Å². The number of benzene rings is 1. The molecule has 0 radical (unpaired) electrons. The molecule has 5 heteroatoms. The normalized spacial score (nSPS) is 14.7. The molecule has 5 nitrogen and oxygen atoms in total. The van der Waals surface area contributed by atoms with Gasteiger partial charge in [0, 0.05) is 18.8 Å². The number of esters is 1. The zero-order valence-electron chi connectivity index (χ0n) is 12.6. The number of Topliss-reactive ketones (excluding diaryl/α,β-unsaturated/α-hetero) is 1. The summed E-state index contributed by atoms with van der Waals surface area (Å²) in [4.78, 5) is 26.2. The Morgan fingerprint density at radius 3 is 2.52 bits per heavy atom. The van der Waals surface area contributed by atoms with Crippen LogP contribution in [-0.4, -0.2) is 38.6 Å². The molecule has 0 amide bonds. The van der Waals surface area contributed by atoms with Crippen molar-refractivity contribution in [2.75, 3.05) is 31.7 Å². The van der Waals surface area contributed by atoms with Gasteiger partial charge in [0.1, 0.15) is 5.75 Å². The molecule has 2 rings (SSSR count). The minimum atomic E-state index is -0.816. The Morgan fingerprint density at radius 2 is 1.90 bits per heavy atom. The van der Waals surface area contributed by atoms with Crippen LogP contribution in [0.1, 0.15) is 36.5 Å². The second-order valence-electron chi connectivity index (χ2n) is 4.98. The maximum absolute atomic E-state index is 12.3. The minimum absolute atomic E-state index is 0.188. The van der Waals surface area contributed by atoms with Crippen LogP contribution in [0, 0.1) is 0 Å². The number of ketones is 1. The van der Waals surface area contributed by atoms with Gasteiger partial charge in [-0.3, -0.25) is 4.79 Å². The topological polar surface area (TPSA) is 55.8 Å². The highest BCUT2D eigenvalue weighted by molar-refractivity contribution is 6.42. The summed E-state index contributed by atoms with van der Waals surface area (Å²) in [7, 11) is 1.54. The molecule has 21 heavy (non-hydrogen) atoms. The molecule has 1 aliphatic heterocycles. The van der Waals surface area contributed by atoms with Crippen molar-refractivity contribution >= 4 is 17.4 Å². The molecule has 0 atom stereocenters. The number of carbonyl (C=O) groups is 2. The van der Waals surface area contributed by atoms with Crippen LogP contribution in [-0.2, 0) is 9.53 Å². The lowest BCUT2D eigenvalue weighted by Crippen LogP contribution is -2.31. The number of hydrogen-bond acceptors (Lipinski definition) is 5. The van der Waals surface area contributed by atoms with Crippen LogP contribution in [0.4, 0.5) is 5.69 Å². The number of anilines is 1. The Bertz CT molecular complexity index is 521. The fraction of sp³-hybridized carbons (Fsp3) is 0.500. The van der Waals surface area contributed by atoms with Crippen molar-refractivity contribution in [1.29, 1.82) is 0 Å².